The summed E-state index contributed by atoms with van der Waals surface area (Å²) in [4.78, 5) is 28.7. The van der Waals surface area contributed by atoms with Crippen LogP contribution in [0, 0.1) is 0 Å². The van der Waals surface area contributed by atoms with Crippen LogP contribution in [0.4, 0.5) is 11.5 Å². The first-order valence-electron chi connectivity index (χ1n) is 11.8. The van der Waals surface area contributed by atoms with E-state index in [2.05, 4.69) is 56.5 Å². The number of rotatable bonds is 9. The molecule has 3 aromatic rings. The molecule has 1 saturated heterocycles. The minimum atomic E-state index is -1.26. The smallest absolute Gasteiger partial charge is 0.328 e. The highest BCUT2D eigenvalue weighted by atomic mass is 16.5. The number of para-hydroxylation sites is 3. The van der Waals surface area contributed by atoms with Gasteiger partial charge in [0.05, 0.1) is 18.3 Å². The molecule has 0 aliphatic carbocycles. The number of carboxylic acid groups (broad SMARTS) is 2. The van der Waals surface area contributed by atoms with Crippen molar-refractivity contribution >= 4 is 34.3 Å². The lowest BCUT2D eigenvalue weighted by Gasteiger charge is -2.36. The molecule has 1 fully saturated rings. The number of carbonyl (C=O) groups is 2. The molecule has 0 atom stereocenters. The van der Waals surface area contributed by atoms with Crippen molar-refractivity contribution in [3.63, 3.8) is 0 Å². The summed E-state index contributed by atoms with van der Waals surface area (Å²) in [6.45, 7) is 6.32. The van der Waals surface area contributed by atoms with Gasteiger partial charge in [0.15, 0.2) is 0 Å². The number of hydrogen-bond donors (Lipinski definition) is 3. The highest BCUT2D eigenvalue weighted by Gasteiger charge is 2.19. The van der Waals surface area contributed by atoms with Crippen LogP contribution in [0.2, 0.25) is 0 Å². The average molecular weight is 493 g/mol. The van der Waals surface area contributed by atoms with Gasteiger partial charge in [-0.15, -0.1) is 0 Å². The van der Waals surface area contributed by atoms with Crippen LogP contribution in [0.25, 0.3) is 10.9 Å². The summed E-state index contributed by atoms with van der Waals surface area (Å²) in [5.74, 6) is -0.595. The number of carboxylic acids is 2. The Hall–Kier alpha value is -4.11. The van der Waals surface area contributed by atoms with E-state index in [0.29, 0.717) is 12.2 Å². The Morgan fingerprint density at radius 1 is 0.944 bits per heavy atom. The third kappa shape index (κ3) is 8.28. The predicted octanol–water partition coefficient (Wildman–Crippen LogP) is 3.58. The van der Waals surface area contributed by atoms with Gasteiger partial charge in [0, 0.05) is 50.3 Å². The summed E-state index contributed by atoms with van der Waals surface area (Å²) in [5.41, 5.74) is 2.24. The number of piperazine rings is 1. The third-order valence-corrected chi connectivity index (χ3v) is 5.72. The van der Waals surface area contributed by atoms with Gasteiger partial charge in [-0.05, 0) is 43.3 Å². The molecule has 1 aliphatic heterocycles. The fourth-order valence-corrected chi connectivity index (χ4v) is 3.93. The number of fused-ring (bicyclic) bond motifs is 1. The van der Waals surface area contributed by atoms with E-state index in [1.54, 1.807) is 7.11 Å². The molecule has 2 aromatic carbocycles. The molecule has 0 bridgehead atoms. The summed E-state index contributed by atoms with van der Waals surface area (Å²) in [6.07, 6.45) is 2.23. The molecule has 1 aliphatic rings. The van der Waals surface area contributed by atoms with E-state index >= 15 is 0 Å². The zero-order chi connectivity index (χ0) is 25.8. The van der Waals surface area contributed by atoms with Crippen molar-refractivity contribution in [1.29, 1.82) is 0 Å². The lowest BCUT2D eigenvalue weighted by Crippen LogP contribution is -2.46. The highest BCUT2D eigenvalue weighted by Crippen LogP contribution is 2.28. The third-order valence-electron chi connectivity index (χ3n) is 5.72. The van der Waals surface area contributed by atoms with Crippen molar-refractivity contribution in [2.24, 2.45) is 0 Å². The fourth-order valence-electron chi connectivity index (χ4n) is 3.93. The molecule has 0 unspecified atom stereocenters. The van der Waals surface area contributed by atoms with Crippen molar-refractivity contribution in [3.8, 4) is 5.75 Å². The molecule has 0 spiro atoms. The second kappa shape index (κ2) is 13.7. The van der Waals surface area contributed by atoms with E-state index in [0.717, 1.165) is 62.8 Å². The average Bonchev–Trinajstić information content (AvgIpc) is 2.90. The minimum Gasteiger partial charge on any atom is -0.495 e. The van der Waals surface area contributed by atoms with Gasteiger partial charge in [-0.1, -0.05) is 30.3 Å². The molecule has 0 saturated carbocycles. The second-order valence-electron chi connectivity index (χ2n) is 8.18. The van der Waals surface area contributed by atoms with Crippen LogP contribution in [0.5, 0.6) is 5.75 Å². The maximum Gasteiger partial charge on any atom is 0.328 e. The molecular weight excluding hydrogens is 460 g/mol. The Morgan fingerprint density at radius 2 is 1.61 bits per heavy atom. The number of aromatic nitrogens is 1. The normalized spacial score (nSPS) is 13.8. The van der Waals surface area contributed by atoms with Gasteiger partial charge >= 0.3 is 11.9 Å². The van der Waals surface area contributed by atoms with E-state index in [9.17, 15) is 9.59 Å². The molecular formula is C27H32N4O5. The van der Waals surface area contributed by atoms with Crippen LogP contribution < -0.4 is 15.0 Å². The molecule has 36 heavy (non-hydrogen) atoms. The lowest BCUT2D eigenvalue weighted by atomic mass is 10.2. The number of hydrogen-bond acceptors (Lipinski definition) is 7. The largest absolute Gasteiger partial charge is 0.495 e. The number of anilines is 2. The number of nitrogens with one attached hydrogen (secondary N) is 1. The zero-order valence-electron chi connectivity index (χ0n) is 20.3. The van der Waals surface area contributed by atoms with E-state index in [1.165, 1.54) is 11.1 Å². The van der Waals surface area contributed by atoms with Gasteiger partial charge in [0.1, 0.15) is 11.6 Å². The maximum absolute atomic E-state index is 9.55. The monoisotopic (exact) mass is 492 g/mol. The Bertz CT molecular complexity index is 1160. The van der Waals surface area contributed by atoms with Gasteiger partial charge < -0.3 is 25.2 Å². The van der Waals surface area contributed by atoms with E-state index in [1.807, 2.05) is 24.3 Å². The van der Waals surface area contributed by atoms with Crippen molar-refractivity contribution in [3.05, 3.63) is 72.8 Å². The van der Waals surface area contributed by atoms with Crippen LogP contribution in [-0.2, 0) is 9.59 Å². The first kappa shape index (κ1) is 26.5. The standard InChI is InChI=1S/C23H28N4O.C4H4O4/c1-28-22-10-5-4-9-21(22)27-17-15-26(16-18-27)14-6-13-24-23-12-11-19-7-2-3-8-20(19)25-23;5-3(6)1-2-4(7)8/h2-5,7-12H,6,13-18H2,1H3,(H,24,25);1-2H,(H,5,6)(H,7,8)/b;2-1+. The Labute approximate surface area is 210 Å². The maximum atomic E-state index is 9.55. The van der Waals surface area contributed by atoms with Crippen molar-refractivity contribution in [2.45, 2.75) is 6.42 Å². The molecule has 3 N–H and O–H groups in total. The van der Waals surface area contributed by atoms with Gasteiger partial charge in [0.25, 0.3) is 0 Å². The molecule has 0 radical (unpaired) electrons. The predicted molar refractivity (Wildman–Crippen MR) is 141 cm³/mol. The molecule has 2 heterocycles. The zero-order valence-corrected chi connectivity index (χ0v) is 20.3. The number of nitrogens with zero attached hydrogens (tertiary/aromatic N) is 3. The molecule has 4 rings (SSSR count). The summed E-state index contributed by atoms with van der Waals surface area (Å²) in [7, 11) is 1.74. The molecule has 1 aromatic heterocycles. The summed E-state index contributed by atoms with van der Waals surface area (Å²) >= 11 is 0. The Morgan fingerprint density at radius 3 is 2.31 bits per heavy atom. The first-order valence-corrected chi connectivity index (χ1v) is 11.8. The topological polar surface area (TPSA) is 115 Å². The summed E-state index contributed by atoms with van der Waals surface area (Å²) in [6, 6.07) is 20.7. The number of pyridine rings is 1. The summed E-state index contributed by atoms with van der Waals surface area (Å²) < 4.78 is 5.50. The van der Waals surface area contributed by atoms with Gasteiger partial charge in [-0.3, -0.25) is 4.90 Å². The van der Waals surface area contributed by atoms with Gasteiger partial charge in [0.2, 0.25) is 0 Å². The van der Waals surface area contributed by atoms with Crippen LogP contribution >= 0.6 is 0 Å². The first-order chi connectivity index (χ1) is 17.5. The van der Waals surface area contributed by atoms with E-state index in [-0.39, 0.29) is 0 Å². The second-order valence-corrected chi connectivity index (χ2v) is 8.18. The minimum absolute atomic E-state index is 0.558. The van der Waals surface area contributed by atoms with Gasteiger partial charge in [-0.25, -0.2) is 14.6 Å². The van der Waals surface area contributed by atoms with Crippen LogP contribution in [0.3, 0.4) is 0 Å². The number of aliphatic carboxylic acids is 2. The highest BCUT2D eigenvalue weighted by molar-refractivity contribution is 5.89. The fraction of sp³-hybridized carbons (Fsp3) is 0.296. The van der Waals surface area contributed by atoms with Crippen LogP contribution in [0.15, 0.2) is 72.8 Å². The van der Waals surface area contributed by atoms with Gasteiger partial charge in [-0.2, -0.15) is 0 Å². The molecule has 190 valence electrons. The number of ether oxygens (including phenoxy) is 1. The van der Waals surface area contributed by atoms with E-state index in [4.69, 9.17) is 14.9 Å². The van der Waals surface area contributed by atoms with Crippen LogP contribution in [-0.4, -0.2) is 78.4 Å². The van der Waals surface area contributed by atoms with E-state index < -0.39 is 11.9 Å². The molecule has 0 amide bonds. The van der Waals surface area contributed by atoms with Crippen molar-refractivity contribution < 1.29 is 24.5 Å². The van der Waals surface area contributed by atoms with Crippen molar-refractivity contribution in [1.82, 2.24) is 9.88 Å². The van der Waals surface area contributed by atoms with Crippen LogP contribution in [0.1, 0.15) is 6.42 Å². The SMILES string of the molecule is COc1ccccc1N1CCN(CCCNc2ccc3ccccc3n2)CC1.O=C(O)/C=C/C(=O)O. The summed E-state index contributed by atoms with van der Waals surface area (Å²) in [5, 5.41) is 20.3. The number of benzene rings is 2. The van der Waals surface area contributed by atoms with Crippen molar-refractivity contribution in [2.75, 3.05) is 56.6 Å². The quantitative estimate of drug-likeness (QED) is 0.304. The molecule has 9 nitrogen and oxygen atoms in total. The Kier molecular flexibility index (Phi) is 10.1. The molecule has 9 heteroatoms. The Balaban J connectivity index is 0.000000392. The number of methoxy groups -OCH3 is 1. The lowest BCUT2D eigenvalue weighted by molar-refractivity contribution is -0.134.